The SMILES string of the molecule is Cc1[nH]c(C)c(-c2c[nH]c(-c3ccc(N(C)C)c(Br)c3)cc2=O)c(=O)c1Br. The van der Waals surface area contributed by atoms with Gasteiger partial charge in [-0.3, -0.25) is 9.59 Å². The van der Waals surface area contributed by atoms with Gasteiger partial charge in [-0.1, -0.05) is 6.07 Å². The molecule has 1 aromatic carbocycles. The third-order valence-corrected chi connectivity index (χ3v) is 6.02. The normalized spacial score (nSPS) is 10.9. The largest absolute Gasteiger partial charge is 0.377 e. The van der Waals surface area contributed by atoms with Crippen molar-refractivity contribution in [3.63, 3.8) is 0 Å². The van der Waals surface area contributed by atoms with Gasteiger partial charge < -0.3 is 14.9 Å². The lowest BCUT2D eigenvalue weighted by molar-refractivity contribution is 1.09. The Kier molecular flexibility index (Phi) is 5.44. The van der Waals surface area contributed by atoms with Gasteiger partial charge in [0.1, 0.15) is 0 Å². The number of anilines is 1. The van der Waals surface area contributed by atoms with Crippen molar-refractivity contribution in [1.29, 1.82) is 0 Å². The van der Waals surface area contributed by atoms with Crippen LogP contribution in [0.1, 0.15) is 11.4 Å². The summed E-state index contributed by atoms with van der Waals surface area (Å²) in [4.78, 5) is 33.7. The number of aryl methyl sites for hydroxylation is 2. The summed E-state index contributed by atoms with van der Waals surface area (Å²) in [5, 5.41) is 0. The van der Waals surface area contributed by atoms with Gasteiger partial charge in [-0.15, -0.1) is 0 Å². The molecule has 2 heterocycles. The van der Waals surface area contributed by atoms with Crippen LogP contribution in [0.15, 0.2) is 49.0 Å². The highest BCUT2D eigenvalue weighted by molar-refractivity contribution is 9.10. The van der Waals surface area contributed by atoms with Gasteiger partial charge in [-0.2, -0.15) is 0 Å². The van der Waals surface area contributed by atoms with Crippen LogP contribution in [0.4, 0.5) is 5.69 Å². The Labute approximate surface area is 173 Å². The highest BCUT2D eigenvalue weighted by Gasteiger charge is 2.16. The van der Waals surface area contributed by atoms with Gasteiger partial charge in [0.05, 0.1) is 21.3 Å². The summed E-state index contributed by atoms with van der Waals surface area (Å²) < 4.78 is 1.37. The van der Waals surface area contributed by atoms with E-state index in [9.17, 15) is 9.59 Å². The van der Waals surface area contributed by atoms with E-state index < -0.39 is 0 Å². The first-order valence-electron chi connectivity index (χ1n) is 8.30. The fourth-order valence-electron chi connectivity index (χ4n) is 3.04. The predicted octanol–water partition coefficient (Wildman–Crippen LogP) is 4.61. The minimum Gasteiger partial charge on any atom is -0.377 e. The molecule has 7 heteroatoms. The van der Waals surface area contributed by atoms with Gasteiger partial charge in [-0.05, 0) is 63.4 Å². The van der Waals surface area contributed by atoms with Crippen LogP contribution < -0.4 is 15.8 Å². The van der Waals surface area contributed by atoms with E-state index in [4.69, 9.17) is 0 Å². The van der Waals surface area contributed by atoms with Crippen molar-refractivity contribution in [2.45, 2.75) is 13.8 Å². The highest BCUT2D eigenvalue weighted by Crippen LogP contribution is 2.30. The number of aromatic amines is 2. The van der Waals surface area contributed by atoms with Crippen LogP contribution in [0.25, 0.3) is 22.4 Å². The maximum atomic E-state index is 12.8. The molecule has 0 spiro atoms. The third-order valence-electron chi connectivity index (χ3n) is 4.43. The van der Waals surface area contributed by atoms with Crippen LogP contribution in [-0.2, 0) is 0 Å². The Hall–Kier alpha value is -2.12. The first-order chi connectivity index (χ1) is 12.7. The number of pyridine rings is 2. The van der Waals surface area contributed by atoms with Gasteiger partial charge >= 0.3 is 0 Å². The molecule has 3 aromatic rings. The average molecular weight is 493 g/mol. The molecule has 0 unspecified atom stereocenters. The minimum atomic E-state index is -0.207. The molecule has 0 atom stereocenters. The van der Waals surface area contributed by atoms with Gasteiger partial charge in [0.2, 0.25) is 5.43 Å². The molecule has 0 fully saturated rings. The Morgan fingerprint density at radius 3 is 2.30 bits per heavy atom. The first-order valence-corrected chi connectivity index (χ1v) is 9.88. The lowest BCUT2D eigenvalue weighted by atomic mass is 10.0. The summed E-state index contributed by atoms with van der Waals surface area (Å²) in [7, 11) is 3.94. The van der Waals surface area contributed by atoms with E-state index in [1.807, 2.05) is 44.1 Å². The summed E-state index contributed by atoms with van der Waals surface area (Å²) in [6.07, 6.45) is 1.60. The second-order valence-electron chi connectivity index (χ2n) is 6.58. The first kappa shape index (κ1) is 19.6. The number of hydrogen-bond donors (Lipinski definition) is 2. The topological polar surface area (TPSA) is 69.0 Å². The standard InChI is InChI=1S/C20H19Br2N3O2/c1-10-18(20(27)19(22)11(2)24-10)13-9-23-15(8-17(13)26)12-5-6-16(25(3)4)14(21)7-12/h5-9H,1-4H3,(H,23,26)(H,24,27). The van der Waals surface area contributed by atoms with Crippen LogP contribution >= 0.6 is 31.9 Å². The van der Waals surface area contributed by atoms with Gasteiger partial charge in [-0.25, -0.2) is 0 Å². The highest BCUT2D eigenvalue weighted by atomic mass is 79.9. The van der Waals surface area contributed by atoms with E-state index in [2.05, 4.69) is 41.8 Å². The van der Waals surface area contributed by atoms with Crippen LogP contribution in [0, 0.1) is 13.8 Å². The maximum Gasteiger partial charge on any atom is 0.204 e. The lowest BCUT2D eigenvalue weighted by Crippen LogP contribution is -2.17. The van der Waals surface area contributed by atoms with Gasteiger partial charge in [0.25, 0.3) is 0 Å². The zero-order valence-electron chi connectivity index (χ0n) is 15.4. The fourth-order valence-corrected chi connectivity index (χ4v) is 4.07. The van der Waals surface area contributed by atoms with Crippen molar-refractivity contribution in [1.82, 2.24) is 9.97 Å². The number of halogens is 2. The molecule has 0 saturated carbocycles. The van der Waals surface area contributed by atoms with E-state index in [-0.39, 0.29) is 10.9 Å². The van der Waals surface area contributed by atoms with Crippen molar-refractivity contribution < 1.29 is 0 Å². The number of nitrogens with zero attached hydrogens (tertiary/aromatic N) is 1. The van der Waals surface area contributed by atoms with E-state index >= 15 is 0 Å². The summed E-state index contributed by atoms with van der Waals surface area (Å²) in [5.74, 6) is 0. The smallest absolute Gasteiger partial charge is 0.204 e. The Bertz CT molecular complexity index is 1150. The molecule has 2 N–H and O–H groups in total. The second kappa shape index (κ2) is 7.48. The number of H-pyrrole nitrogens is 2. The molecular weight excluding hydrogens is 474 g/mol. The van der Waals surface area contributed by atoms with Crippen LogP contribution in [0.2, 0.25) is 0 Å². The van der Waals surface area contributed by atoms with E-state index in [1.54, 1.807) is 13.1 Å². The maximum absolute atomic E-state index is 12.8. The summed E-state index contributed by atoms with van der Waals surface area (Å²) in [6, 6.07) is 7.42. The zero-order chi connectivity index (χ0) is 19.9. The van der Waals surface area contributed by atoms with Gasteiger partial charge in [0, 0.05) is 47.9 Å². The fraction of sp³-hybridized carbons (Fsp3) is 0.200. The lowest BCUT2D eigenvalue weighted by Gasteiger charge is -2.15. The van der Waals surface area contributed by atoms with Crippen molar-refractivity contribution in [3.8, 4) is 22.4 Å². The zero-order valence-corrected chi connectivity index (χ0v) is 18.6. The molecule has 0 radical (unpaired) electrons. The van der Waals surface area contributed by atoms with Crippen LogP contribution in [0.5, 0.6) is 0 Å². The van der Waals surface area contributed by atoms with E-state index in [0.29, 0.717) is 27.0 Å². The molecule has 0 aliphatic rings. The molecular formula is C20H19Br2N3O2. The van der Waals surface area contributed by atoms with Crippen molar-refractivity contribution in [2.75, 3.05) is 19.0 Å². The Morgan fingerprint density at radius 2 is 1.70 bits per heavy atom. The molecule has 0 aliphatic carbocycles. The monoisotopic (exact) mass is 491 g/mol. The second-order valence-corrected chi connectivity index (χ2v) is 8.23. The number of nitrogens with one attached hydrogen (secondary N) is 2. The number of rotatable bonds is 3. The molecule has 2 aromatic heterocycles. The Balaban J connectivity index is 2.11. The number of aromatic nitrogens is 2. The summed E-state index contributed by atoms with van der Waals surface area (Å²) in [6.45, 7) is 3.60. The minimum absolute atomic E-state index is 0.194. The molecule has 0 amide bonds. The molecule has 3 rings (SSSR count). The van der Waals surface area contributed by atoms with Crippen LogP contribution in [-0.4, -0.2) is 24.1 Å². The molecule has 140 valence electrons. The molecule has 0 bridgehead atoms. The summed E-state index contributed by atoms with van der Waals surface area (Å²) >= 11 is 6.86. The van der Waals surface area contributed by atoms with E-state index in [1.165, 1.54) is 6.07 Å². The number of benzene rings is 1. The molecule has 0 aliphatic heterocycles. The van der Waals surface area contributed by atoms with Crippen LogP contribution in [0.3, 0.4) is 0 Å². The number of hydrogen-bond acceptors (Lipinski definition) is 3. The summed E-state index contributed by atoms with van der Waals surface area (Å²) in [5.41, 5.74) is 4.34. The van der Waals surface area contributed by atoms with Gasteiger partial charge in [0.15, 0.2) is 5.43 Å². The van der Waals surface area contributed by atoms with Crippen molar-refractivity contribution in [3.05, 3.63) is 71.2 Å². The quantitative estimate of drug-likeness (QED) is 0.561. The van der Waals surface area contributed by atoms with Crippen molar-refractivity contribution >= 4 is 37.5 Å². The third kappa shape index (κ3) is 3.66. The van der Waals surface area contributed by atoms with Crippen molar-refractivity contribution in [2.24, 2.45) is 0 Å². The molecule has 5 nitrogen and oxygen atoms in total. The Morgan fingerprint density at radius 1 is 1.00 bits per heavy atom. The molecule has 0 saturated heterocycles. The molecule has 27 heavy (non-hydrogen) atoms. The van der Waals surface area contributed by atoms with E-state index in [0.717, 1.165) is 21.4 Å². The average Bonchev–Trinajstić information content (AvgIpc) is 2.60. The predicted molar refractivity (Wildman–Crippen MR) is 118 cm³/mol.